The van der Waals surface area contributed by atoms with Gasteiger partial charge < -0.3 is 19.7 Å². The van der Waals surface area contributed by atoms with Crippen LogP contribution in [0.5, 0.6) is 0 Å². The smallest absolute Gasteiger partial charge is 0.303 e. The van der Waals surface area contributed by atoms with E-state index in [0.29, 0.717) is 6.42 Å². The van der Waals surface area contributed by atoms with Crippen LogP contribution in [0.25, 0.3) is 0 Å². The van der Waals surface area contributed by atoms with E-state index in [1.165, 1.54) is 13.8 Å². The highest BCUT2D eigenvalue weighted by Gasteiger charge is 2.56. The number of ether oxygens (including phenoxy) is 2. The average molecular weight is 421 g/mol. The van der Waals surface area contributed by atoms with Crippen molar-refractivity contribution in [1.82, 2.24) is 0 Å². The molecule has 6 nitrogen and oxygen atoms in total. The van der Waals surface area contributed by atoms with Crippen molar-refractivity contribution in [3.05, 3.63) is 22.8 Å². The Labute approximate surface area is 179 Å². The maximum Gasteiger partial charge on any atom is 0.303 e. The number of esters is 2. The molecule has 6 heteroatoms. The molecule has 0 amide bonds. The van der Waals surface area contributed by atoms with Crippen LogP contribution in [0.1, 0.15) is 67.2 Å². The molecule has 1 saturated carbocycles. The van der Waals surface area contributed by atoms with Crippen molar-refractivity contribution < 1.29 is 29.3 Å². The summed E-state index contributed by atoms with van der Waals surface area (Å²) in [6, 6.07) is 0. The molecule has 0 bridgehead atoms. The Morgan fingerprint density at radius 1 is 1.13 bits per heavy atom. The quantitative estimate of drug-likeness (QED) is 0.678. The number of fused-ring (bicyclic) bond motifs is 2. The van der Waals surface area contributed by atoms with Crippen molar-refractivity contribution in [1.29, 1.82) is 0 Å². The van der Waals surface area contributed by atoms with Gasteiger partial charge in [0.25, 0.3) is 0 Å². The Balaban J connectivity index is 2.17. The minimum Gasteiger partial charge on any atom is -0.461 e. The number of rotatable bonds is 4. The highest BCUT2D eigenvalue weighted by molar-refractivity contribution is 5.67. The normalized spacial score (nSPS) is 38.5. The van der Waals surface area contributed by atoms with Gasteiger partial charge in [-0.3, -0.25) is 9.59 Å². The molecule has 168 valence electrons. The van der Waals surface area contributed by atoms with Gasteiger partial charge in [0.15, 0.2) is 0 Å². The summed E-state index contributed by atoms with van der Waals surface area (Å²) < 4.78 is 10.9. The molecule has 2 N–H and O–H groups in total. The Hall–Kier alpha value is -1.66. The molecule has 0 aromatic carbocycles. The Morgan fingerprint density at radius 2 is 1.80 bits per heavy atom. The third-order valence-electron chi connectivity index (χ3n) is 7.70. The van der Waals surface area contributed by atoms with Crippen LogP contribution in [-0.2, 0) is 19.1 Å². The van der Waals surface area contributed by atoms with Crippen LogP contribution in [-0.4, -0.2) is 47.1 Å². The Bertz CT molecular complexity index is 781. The van der Waals surface area contributed by atoms with Crippen molar-refractivity contribution in [3.63, 3.8) is 0 Å². The summed E-state index contributed by atoms with van der Waals surface area (Å²) in [5, 5.41) is 21.8. The van der Waals surface area contributed by atoms with Gasteiger partial charge in [-0.1, -0.05) is 33.8 Å². The lowest BCUT2D eigenvalue weighted by atomic mass is 9.65. The summed E-state index contributed by atoms with van der Waals surface area (Å²) in [6.07, 6.45) is 3.10. The monoisotopic (exact) mass is 420 g/mol. The number of allylic oxidation sites excluding steroid dienone is 2. The fourth-order valence-corrected chi connectivity index (χ4v) is 6.20. The van der Waals surface area contributed by atoms with Crippen molar-refractivity contribution >= 4 is 11.9 Å². The van der Waals surface area contributed by atoms with E-state index >= 15 is 0 Å². The number of hydrogen-bond donors (Lipinski definition) is 2. The molecule has 0 saturated heterocycles. The van der Waals surface area contributed by atoms with Gasteiger partial charge in [-0.15, -0.1) is 0 Å². The molecule has 6 atom stereocenters. The maximum absolute atomic E-state index is 11.7. The van der Waals surface area contributed by atoms with Crippen LogP contribution >= 0.6 is 0 Å². The number of carbonyl (C=O) groups excluding carboxylic acids is 2. The molecule has 30 heavy (non-hydrogen) atoms. The fourth-order valence-electron chi connectivity index (χ4n) is 6.20. The van der Waals surface area contributed by atoms with E-state index in [2.05, 4.69) is 27.7 Å². The van der Waals surface area contributed by atoms with Gasteiger partial charge in [0.1, 0.15) is 18.8 Å². The Kier molecular flexibility index (Phi) is 6.23. The second-order valence-electron chi connectivity index (χ2n) is 10.1. The number of aliphatic hydroxyl groups is 2. The van der Waals surface area contributed by atoms with E-state index in [9.17, 15) is 19.8 Å². The summed E-state index contributed by atoms with van der Waals surface area (Å²) >= 11 is 0. The van der Waals surface area contributed by atoms with E-state index in [1.807, 2.05) is 6.08 Å². The second kappa shape index (κ2) is 8.12. The lowest BCUT2D eigenvalue weighted by Gasteiger charge is -2.41. The van der Waals surface area contributed by atoms with E-state index in [1.54, 1.807) is 0 Å². The molecule has 3 rings (SSSR count). The van der Waals surface area contributed by atoms with Gasteiger partial charge in [-0.05, 0) is 59.5 Å². The van der Waals surface area contributed by atoms with Crippen LogP contribution < -0.4 is 0 Å². The zero-order chi connectivity index (χ0) is 22.4. The third kappa shape index (κ3) is 3.84. The fraction of sp³-hybridized carbons (Fsp3) is 0.750. The van der Waals surface area contributed by atoms with Gasteiger partial charge in [0.05, 0.1) is 6.10 Å². The van der Waals surface area contributed by atoms with Crippen molar-refractivity contribution in [2.45, 2.75) is 85.5 Å². The lowest BCUT2D eigenvalue weighted by molar-refractivity contribution is -0.146. The molecule has 0 heterocycles. The van der Waals surface area contributed by atoms with Crippen molar-refractivity contribution in [2.24, 2.45) is 22.7 Å². The maximum atomic E-state index is 11.7. The highest BCUT2D eigenvalue weighted by atomic mass is 16.6. The van der Waals surface area contributed by atoms with Gasteiger partial charge in [-0.2, -0.15) is 0 Å². The van der Waals surface area contributed by atoms with E-state index in [0.717, 1.165) is 36.0 Å². The third-order valence-corrected chi connectivity index (χ3v) is 7.70. The molecule has 1 fully saturated rings. The Morgan fingerprint density at radius 3 is 2.37 bits per heavy atom. The molecular weight excluding hydrogens is 384 g/mol. The topological polar surface area (TPSA) is 93.1 Å². The molecular formula is C24H36O6. The summed E-state index contributed by atoms with van der Waals surface area (Å²) in [7, 11) is 0. The summed E-state index contributed by atoms with van der Waals surface area (Å²) in [4.78, 5) is 23.2. The van der Waals surface area contributed by atoms with Crippen LogP contribution in [0.2, 0.25) is 0 Å². The predicted octanol–water partition coefficient (Wildman–Crippen LogP) is 3.31. The van der Waals surface area contributed by atoms with E-state index in [-0.39, 0.29) is 41.2 Å². The van der Waals surface area contributed by atoms with Crippen LogP contribution in [0.3, 0.4) is 0 Å². The van der Waals surface area contributed by atoms with E-state index < -0.39 is 18.3 Å². The second-order valence-corrected chi connectivity index (χ2v) is 10.1. The highest BCUT2D eigenvalue weighted by Crippen LogP contribution is 2.59. The van der Waals surface area contributed by atoms with Crippen LogP contribution in [0, 0.1) is 22.7 Å². The zero-order valence-corrected chi connectivity index (χ0v) is 19.0. The molecule has 0 radical (unpaired) electrons. The first-order valence-electron chi connectivity index (χ1n) is 11.0. The minimum atomic E-state index is -0.929. The number of carbonyl (C=O) groups is 2. The molecule has 0 aliphatic heterocycles. The average Bonchev–Trinajstić information content (AvgIpc) is 2.74. The van der Waals surface area contributed by atoms with Gasteiger partial charge in [0.2, 0.25) is 0 Å². The molecule has 0 aromatic heterocycles. The molecule has 0 unspecified atom stereocenters. The SMILES string of the molecule is CC(=O)OCC1=C2C=C3[C@@H](O)[C@@H](O)[C@H](C(C)C)[C@@]3(C)CC[C@]2(C)CC[C@@H]1OC(C)=O. The summed E-state index contributed by atoms with van der Waals surface area (Å²) in [5.74, 6) is -0.572. The predicted molar refractivity (Wildman–Crippen MR) is 112 cm³/mol. The van der Waals surface area contributed by atoms with E-state index in [4.69, 9.17) is 9.47 Å². The summed E-state index contributed by atoms with van der Waals surface area (Å²) in [5.41, 5.74) is 2.13. The molecule has 3 aliphatic rings. The molecule has 3 aliphatic carbocycles. The number of hydrogen-bond acceptors (Lipinski definition) is 6. The first kappa shape index (κ1) is 23.0. The zero-order valence-electron chi connectivity index (χ0n) is 19.0. The van der Waals surface area contributed by atoms with Crippen molar-refractivity contribution in [3.8, 4) is 0 Å². The van der Waals surface area contributed by atoms with Gasteiger partial charge in [0, 0.05) is 19.4 Å². The largest absolute Gasteiger partial charge is 0.461 e. The van der Waals surface area contributed by atoms with Crippen molar-refractivity contribution in [2.75, 3.05) is 6.61 Å². The first-order chi connectivity index (χ1) is 13.9. The van der Waals surface area contributed by atoms with Crippen LogP contribution in [0.4, 0.5) is 0 Å². The summed E-state index contributed by atoms with van der Waals surface area (Å²) in [6.45, 7) is 11.3. The number of aliphatic hydroxyl groups excluding tert-OH is 2. The minimum absolute atomic E-state index is 0.0377. The van der Waals surface area contributed by atoms with Gasteiger partial charge in [-0.25, -0.2) is 0 Å². The molecule has 0 spiro atoms. The van der Waals surface area contributed by atoms with Crippen LogP contribution in [0.15, 0.2) is 22.8 Å². The molecule has 0 aromatic rings. The lowest BCUT2D eigenvalue weighted by Crippen LogP contribution is -2.36. The standard InChI is InChI=1S/C24H36O6/c1-13(2)20-22(28)21(27)18-11-17-16(12-29-14(3)25)19(30-15(4)26)7-8-23(17,5)9-10-24(18,20)6/h11,13,19-22,27-28H,7-10,12H2,1-6H3/t19-,20-,21+,22-,23-,24-/m0/s1. The first-order valence-corrected chi connectivity index (χ1v) is 11.0. The van der Waals surface area contributed by atoms with Gasteiger partial charge >= 0.3 is 11.9 Å².